The Balaban J connectivity index is 1.87. The lowest BCUT2D eigenvalue weighted by Gasteiger charge is -2.21. The smallest absolute Gasteiger partial charge is 0.462 e. The van der Waals surface area contributed by atoms with Gasteiger partial charge >= 0.3 is 33.3 Å². The first-order chi connectivity index (χ1) is 34.3. The van der Waals surface area contributed by atoms with Gasteiger partial charge in [-0.3, -0.25) is 23.2 Å². The van der Waals surface area contributed by atoms with E-state index in [0.717, 1.165) is 61.6 Å². The molecular formula is C50H85N3O17P2. The summed E-state index contributed by atoms with van der Waals surface area (Å²) in [6.07, 6.45) is 25.4. The summed E-state index contributed by atoms with van der Waals surface area (Å²) in [5.74, 6) is -0.786. The Morgan fingerprint density at radius 1 is 0.764 bits per heavy atom. The second kappa shape index (κ2) is 37.4. The minimum atomic E-state index is -5.49. The monoisotopic (exact) mass is 1060 g/mol. The third kappa shape index (κ3) is 30.7. The van der Waals surface area contributed by atoms with Crippen LogP contribution in [0.1, 0.15) is 168 Å². The summed E-state index contributed by atoms with van der Waals surface area (Å²) >= 11 is 0. The van der Waals surface area contributed by atoms with Gasteiger partial charge in [0.05, 0.1) is 25.4 Å². The molecule has 1 fully saturated rings. The van der Waals surface area contributed by atoms with Crippen molar-refractivity contribution in [2.45, 2.75) is 205 Å². The van der Waals surface area contributed by atoms with Gasteiger partial charge in [-0.15, -0.1) is 0 Å². The molecule has 1 aromatic rings. The van der Waals surface area contributed by atoms with Crippen LogP contribution in [0.25, 0.3) is 0 Å². The van der Waals surface area contributed by atoms with Crippen molar-refractivity contribution in [3.63, 3.8) is 0 Å². The molecular weight excluding hydrogens is 977 g/mol. The predicted molar refractivity (Wildman–Crippen MR) is 273 cm³/mol. The minimum absolute atomic E-state index is 0.0748. The number of nitrogen functional groups attached to an aromatic ring is 1. The van der Waals surface area contributed by atoms with Gasteiger partial charge < -0.3 is 50.2 Å². The Bertz CT molecular complexity index is 1950. The number of anilines is 1. The molecule has 20 nitrogen and oxygen atoms in total. The summed E-state index contributed by atoms with van der Waals surface area (Å²) in [6.45, 7) is 4.16. The number of carbonyl (C=O) groups is 2. The quantitative estimate of drug-likeness (QED) is 0.0106. The largest absolute Gasteiger partial charge is 0.481 e. The van der Waals surface area contributed by atoms with Gasteiger partial charge in [0.2, 0.25) is 0 Å². The van der Waals surface area contributed by atoms with E-state index in [1.165, 1.54) is 69.9 Å². The van der Waals surface area contributed by atoms with Gasteiger partial charge in [-0.1, -0.05) is 159 Å². The SMILES string of the molecule is CCCCC/C=C\C[C@H](O)/C=C/C=C/C=C\[C@H](O)CCCC(=O)O[C@H](COC(=O)CCCCCCCCCCCCCCC(C)C)COP(=O)(O)OP(=O)(O)OC[C@H]1O[C@@H](n2ccc(N)nc2=O)[C@H](O)[C@@H]1O. The maximum absolute atomic E-state index is 12.9. The van der Waals surface area contributed by atoms with Gasteiger partial charge in [-0.2, -0.15) is 9.29 Å². The fourth-order valence-corrected chi connectivity index (χ4v) is 9.57. The van der Waals surface area contributed by atoms with Crippen LogP contribution >= 0.6 is 15.6 Å². The zero-order valence-corrected chi connectivity index (χ0v) is 44.4. The maximum atomic E-state index is 12.9. The number of aromatic nitrogens is 2. The number of hydrogen-bond donors (Lipinski definition) is 7. The predicted octanol–water partition coefficient (Wildman–Crippen LogP) is 8.36. The topological polar surface area (TPSA) is 306 Å². The molecule has 0 amide bonds. The van der Waals surface area contributed by atoms with Crippen LogP contribution in [0.3, 0.4) is 0 Å². The molecule has 2 unspecified atom stereocenters. The van der Waals surface area contributed by atoms with Crippen molar-refractivity contribution in [3.8, 4) is 0 Å². The number of aliphatic hydroxyl groups is 4. The van der Waals surface area contributed by atoms with Crippen LogP contribution in [0, 0.1) is 5.92 Å². The summed E-state index contributed by atoms with van der Waals surface area (Å²) < 4.78 is 56.6. The number of rotatable bonds is 41. The number of nitrogens with two attached hydrogens (primary N) is 1. The third-order valence-corrected chi connectivity index (χ3v) is 14.1. The Morgan fingerprint density at radius 3 is 1.99 bits per heavy atom. The second-order valence-electron chi connectivity index (χ2n) is 18.6. The number of ether oxygens (including phenoxy) is 3. The summed E-state index contributed by atoms with van der Waals surface area (Å²) in [5, 5.41) is 41.4. The molecule has 1 aliphatic rings. The molecule has 2 rings (SSSR count). The first-order valence-electron chi connectivity index (χ1n) is 25.7. The number of allylic oxidation sites excluding steroid dienone is 5. The molecule has 1 aliphatic heterocycles. The zero-order chi connectivity index (χ0) is 53.2. The van der Waals surface area contributed by atoms with E-state index in [9.17, 15) is 53.7 Å². The highest BCUT2D eigenvalue weighted by molar-refractivity contribution is 7.61. The lowest BCUT2D eigenvalue weighted by atomic mass is 10.0. The molecule has 72 heavy (non-hydrogen) atoms. The third-order valence-electron chi connectivity index (χ3n) is 11.5. The van der Waals surface area contributed by atoms with E-state index in [1.807, 2.05) is 6.08 Å². The van der Waals surface area contributed by atoms with E-state index in [4.69, 9.17) is 29.0 Å². The lowest BCUT2D eigenvalue weighted by molar-refractivity contribution is -0.161. The average Bonchev–Trinajstić information content (AvgIpc) is 3.59. The number of unbranched alkanes of at least 4 members (excludes halogenated alkanes) is 14. The number of hydrogen-bond acceptors (Lipinski definition) is 17. The summed E-state index contributed by atoms with van der Waals surface area (Å²) in [7, 11) is -11.0. The maximum Gasteiger partial charge on any atom is 0.481 e. The standard InChI is InChI=1S/C50H85N3O17P2/c1-4-5-6-7-17-22-28-40(54)29-23-19-20-24-30-41(55)31-26-33-46(57)68-42(36-65-45(56)32-25-18-15-13-11-9-8-10-12-14-16-21-27-39(2)3)37-66-71(61,62)70-72(63,64)67-38-43-47(58)48(59)49(69-43)53-35-34-44(51)52-50(53)60/h17,19-20,22-24,29-30,34-35,39-43,47-49,54-55,58-59H,4-16,18,21,25-28,31-33,36-38H2,1-3H3,(H,61,62)(H,63,64)(H2,51,52,60)/b20-19+,22-17-,29-23+,30-24-/t40-,41-,42+,43+,47+,48+,49+/m0/s1. The van der Waals surface area contributed by atoms with Gasteiger partial charge in [0.15, 0.2) is 12.3 Å². The molecule has 9 atom stereocenters. The molecule has 22 heteroatoms. The van der Waals surface area contributed by atoms with Gasteiger partial charge in [0.1, 0.15) is 30.7 Å². The average molecular weight is 1060 g/mol. The van der Waals surface area contributed by atoms with Crippen molar-refractivity contribution in [1.82, 2.24) is 9.55 Å². The van der Waals surface area contributed by atoms with Crippen molar-refractivity contribution in [2.24, 2.45) is 5.92 Å². The van der Waals surface area contributed by atoms with E-state index < -0.39 is 95.9 Å². The van der Waals surface area contributed by atoms with Crippen LogP contribution in [0.2, 0.25) is 0 Å². The van der Waals surface area contributed by atoms with Crippen molar-refractivity contribution in [3.05, 3.63) is 71.4 Å². The fourth-order valence-electron chi connectivity index (χ4n) is 7.46. The van der Waals surface area contributed by atoms with Crippen LogP contribution in [0.15, 0.2) is 65.7 Å². The molecule has 8 N–H and O–H groups in total. The molecule has 2 heterocycles. The number of phosphoric acid groups is 2. The normalized spacial score (nSPS) is 20.4. The van der Waals surface area contributed by atoms with Crippen LogP contribution < -0.4 is 11.4 Å². The molecule has 0 spiro atoms. The van der Waals surface area contributed by atoms with Crippen molar-refractivity contribution < 1.29 is 76.5 Å². The summed E-state index contributed by atoms with van der Waals surface area (Å²) in [6, 6.07) is 1.23. The molecule has 1 saturated heterocycles. The van der Waals surface area contributed by atoms with E-state index >= 15 is 0 Å². The zero-order valence-electron chi connectivity index (χ0n) is 42.6. The van der Waals surface area contributed by atoms with Gasteiger partial charge in [-0.05, 0) is 50.5 Å². The van der Waals surface area contributed by atoms with E-state index in [0.29, 0.717) is 12.8 Å². The molecule has 0 saturated carbocycles. The van der Waals surface area contributed by atoms with Crippen LogP contribution in [0.5, 0.6) is 0 Å². The lowest BCUT2D eigenvalue weighted by Crippen LogP contribution is -2.36. The Morgan fingerprint density at radius 2 is 1.36 bits per heavy atom. The van der Waals surface area contributed by atoms with Gasteiger partial charge in [0, 0.05) is 19.0 Å². The molecule has 1 aromatic heterocycles. The molecule has 412 valence electrons. The molecule has 0 aromatic carbocycles. The second-order valence-corrected chi connectivity index (χ2v) is 21.6. The number of phosphoric ester groups is 2. The Labute approximate surface area is 425 Å². The number of esters is 2. The van der Waals surface area contributed by atoms with Crippen LogP contribution in [-0.2, 0) is 46.3 Å². The minimum Gasteiger partial charge on any atom is -0.462 e. The van der Waals surface area contributed by atoms with Crippen LogP contribution in [0.4, 0.5) is 5.82 Å². The summed E-state index contributed by atoms with van der Waals surface area (Å²) in [5.41, 5.74) is 4.56. The number of aliphatic hydroxyl groups excluding tert-OH is 4. The highest BCUT2D eigenvalue weighted by Crippen LogP contribution is 2.60. The van der Waals surface area contributed by atoms with Crippen molar-refractivity contribution in [1.29, 1.82) is 0 Å². The number of carbonyl (C=O) groups excluding carboxylic acids is 2. The first-order valence-corrected chi connectivity index (χ1v) is 28.7. The van der Waals surface area contributed by atoms with E-state index in [2.05, 4.69) is 36.1 Å². The highest BCUT2D eigenvalue weighted by Gasteiger charge is 2.46. The van der Waals surface area contributed by atoms with E-state index in [1.54, 1.807) is 30.4 Å². The highest BCUT2D eigenvalue weighted by atomic mass is 31.3. The molecule has 0 radical (unpaired) electrons. The molecule has 0 aliphatic carbocycles. The fraction of sp³-hybridized carbons (Fsp3) is 0.720. The van der Waals surface area contributed by atoms with Gasteiger partial charge in [-0.25, -0.2) is 13.9 Å². The van der Waals surface area contributed by atoms with Crippen molar-refractivity contribution in [2.75, 3.05) is 25.6 Å². The Kier molecular flexibility index (Phi) is 33.6. The van der Waals surface area contributed by atoms with Crippen molar-refractivity contribution >= 4 is 33.4 Å². The Hall–Kier alpha value is -3.36. The number of nitrogens with zero attached hydrogens (tertiary/aromatic N) is 2. The van der Waals surface area contributed by atoms with Gasteiger partial charge in [0.25, 0.3) is 0 Å². The first kappa shape index (κ1) is 64.8. The van der Waals surface area contributed by atoms with Crippen LogP contribution in [-0.4, -0.2) is 108 Å². The summed E-state index contributed by atoms with van der Waals surface area (Å²) in [4.78, 5) is 61.9. The van der Waals surface area contributed by atoms with E-state index in [-0.39, 0.29) is 31.5 Å². The molecule has 0 bridgehead atoms.